The molecule has 1 aromatic rings. The van der Waals surface area contributed by atoms with Crippen LogP contribution in [0.4, 0.5) is 0 Å². The lowest BCUT2D eigenvalue weighted by Crippen LogP contribution is -1.83. The van der Waals surface area contributed by atoms with Crippen LogP contribution in [0.25, 0.3) is 6.08 Å². The Labute approximate surface area is 92.1 Å². The first-order chi connectivity index (χ1) is 7.33. The van der Waals surface area contributed by atoms with Gasteiger partial charge in [0.05, 0.1) is 6.26 Å². The van der Waals surface area contributed by atoms with Gasteiger partial charge in [0.15, 0.2) is 0 Å². The fraction of sp³-hybridized carbons (Fsp3) is 0.286. The summed E-state index contributed by atoms with van der Waals surface area (Å²) >= 11 is 0. The fourth-order valence-electron chi connectivity index (χ4n) is 1.08. The number of hydrogen-bond acceptors (Lipinski definition) is 1. The molecule has 0 spiro atoms. The van der Waals surface area contributed by atoms with E-state index < -0.39 is 0 Å². The highest BCUT2D eigenvalue weighted by atomic mass is 16.5. The summed E-state index contributed by atoms with van der Waals surface area (Å²) in [4.78, 5) is 0. The van der Waals surface area contributed by atoms with Gasteiger partial charge in [-0.2, -0.15) is 0 Å². The predicted molar refractivity (Wildman–Crippen MR) is 65.5 cm³/mol. The van der Waals surface area contributed by atoms with Crippen LogP contribution in [0, 0.1) is 0 Å². The van der Waals surface area contributed by atoms with E-state index in [-0.39, 0.29) is 0 Å². The highest BCUT2D eigenvalue weighted by molar-refractivity contribution is 5.47. The molecule has 0 N–H and O–H groups in total. The van der Waals surface area contributed by atoms with E-state index in [0.717, 1.165) is 12.0 Å². The van der Waals surface area contributed by atoms with Crippen LogP contribution in [0.2, 0.25) is 0 Å². The Morgan fingerprint density at radius 3 is 2.67 bits per heavy atom. The lowest BCUT2D eigenvalue weighted by atomic mass is 10.2. The molecule has 1 rings (SSSR count). The van der Waals surface area contributed by atoms with Crippen molar-refractivity contribution in [3.8, 4) is 0 Å². The van der Waals surface area contributed by atoms with Crippen LogP contribution in [-0.2, 0) is 4.74 Å². The molecule has 1 heteroatoms. The normalized spacial score (nSPS) is 12.0. The van der Waals surface area contributed by atoms with Gasteiger partial charge < -0.3 is 4.74 Å². The van der Waals surface area contributed by atoms with Crippen molar-refractivity contribution in [1.82, 2.24) is 0 Å². The Kier molecular flexibility index (Phi) is 5.31. The van der Waals surface area contributed by atoms with Crippen LogP contribution in [0.15, 0.2) is 48.2 Å². The zero-order valence-corrected chi connectivity index (χ0v) is 9.44. The smallest absolute Gasteiger partial charge is 0.106 e. The third-order valence-corrected chi connectivity index (χ3v) is 2.24. The summed E-state index contributed by atoms with van der Waals surface area (Å²) in [5, 5.41) is 0. The first-order valence-electron chi connectivity index (χ1n) is 5.31. The highest BCUT2D eigenvalue weighted by Gasteiger charge is 1.84. The van der Waals surface area contributed by atoms with Gasteiger partial charge in [-0.15, -0.1) is 0 Å². The molecule has 0 atom stereocenters. The minimum absolute atomic E-state index is 0.656. The van der Waals surface area contributed by atoms with Gasteiger partial charge in [-0.3, -0.25) is 0 Å². The van der Waals surface area contributed by atoms with E-state index in [1.165, 1.54) is 5.57 Å². The Hall–Kier alpha value is -1.50. The van der Waals surface area contributed by atoms with Crippen molar-refractivity contribution in [3.05, 3.63) is 53.8 Å². The molecule has 0 amide bonds. The van der Waals surface area contributed by atoms with Crippen molar-refractivity contribution in [2.75, 3.05) is 6.61 Å². The van der Waals surface area contributed by atoms with E-state index in [4.69, 9.17) is 4.74 Å². The topological polar surface area (TPSA) is 9.23 Å². The number of allylic oxidation sites excluding steroid dienone is 1. The van der Waals surface area contributed by atoms with Crippen molar-refractivity contribution >= 4 is 6.08 Å². The predicted octanol–water partition coefficient (Wildman–Crippen LogP) is 4.03. The molecule has 0 fully saturated rings. The lowest BCUT2D eigenvalue weighted by molar-refractivity contribution is 0.291. The van der Waals surface area contributed by atoms with Gasteiger partial charge in [-0.25, -0.2) is 0 Å². The molecule has 0 saturated carbocycles. The summed E-state index contributed by atoms with van der Waals surface area (Å²) in [6, 6.07) is 10.1. The Morgan fingerprint density at radius 1 is 1.27 bits per heavy atom. The van der Waals surface area contributed by atoms with Gasteiger partial charge in [-0.1, -0.05) is 42.8 Å². The second kappa shape index (κ2) is 6.88. The molecule has 15 heavy (non-hydrogen) atoms. The van der Waals surface area contributed by atoms with Gasteiger partial charge in [-0.05, 0) is 31.1 Å². The second-order valence-corrected chi connectivity index (χ2v) is 3.45. The molecule has 0 aliphatic carbocycles. The highest BCUT2D eigenvalue weighted by Crippen LogP contribution is 2.01. The third kappa shape index (κ3) is 5.06. The Bertz CT molecular complexity index is 322. The maximum Gasteiger partial charge on any atom is 0.106 e. The molecule has 0 unspecified atom stereocenters. The Morgan fingerprint density at radius 2 is 2.00 bits per heavy atom. The summed E-state index contributed by atoms with van der Waals surface area (Å²) in [6.45, 7) is 4.92. The van der Waals surface area contributed by atoms with E-state index in [2.05, 4.69) is 19.9 Å². The molecular weight excluding hydrogens is 184 g/mol. The molecule has 0 saturated heterocycles. The van der Waals surface area contributed by atoms with Crippen LogP contribution < -0.4 is 0 Å². The lowest BCUT2D eigenvalue weighted by Gasteiger charge is -1.97. The standard InChI is InChI=1S/C14H18O/c1-3-13(2)9-11-15-12-10-14-7-5-4-6-8-14/h4-10,12H,3,11H2,1-2H3/b12-10+,13-9+. The average Bonchev–Trinajstić information content (AvgIpc) is 2.29. The molecule has 0 aliphatic heterocycles. The van der Waals surface area contributed by atoms with E-state index >= 15 is 0 Å². The summed E-state index contributed by atoms with van der Waals surface area (Å²) in [5.74, 6) is 0. The maximum absolute atomic E-state index is 5.35. The van der Waals surface area contributed by atoms with Crippen LogP contribution >= 0.6 is 0 Å². The monoisotopic (exact) mass is 202 g/mol. The molecule has 1 aromatic carbocycles. The molecule has 0 aliphatic rings. The molecule has 0 heterocycles. The van der Waals surface area contributed by atoms with Gasteiger partial charge in [0, 0.05) is 0 Å². The number of rotatable bonds is 5. The summed E-state index contributed by atoms with van der Waals surface area (Å²) in [7, 11) is 0. The fourth-order valence-corrected chi connectivity index (χ4v) is 1.08. The van der Waals surface area contributed by atoms with E-state index in [9.17, 15) is 0 Å². The van der Waals surface area contributed by atoms with Gasteiger partial charge in [0.25, 0.3) is 0 Å². The number of ether oxygens (including phenoxy) is 1. The average molecular weight is 202 g/mol. The summed E-state index contributed by atoms with van der Waals surface area (Å²) in [6.07, 6.45) is 6.91. The molecule has 0 radical (unpaired) electrons. The number of hydrogen-bond donors (Lipinski definition) is 0. The van der Waals surface area contributed by atoms with Crippen LogP contribution in [0.3, 0.4) is 0 Å². The second-order valence-electron chi connectivity index (χ2n) is 3.45. The van der Waals surface area contributed by atoms with Gasteiger partial charge in [0.2, 0.25) is 0 Å². The molecular formula is C14H18O. The zero-order valence-electron chi connectivity index (χ0n) is 9.44. The summed E-state index contributed by atoms with van der Waals surface area (Å²) in [5.41, 5.74) is 2.52. The largest absolute Gasteiger partial charge is 0.497 e. The molecule has 0 bridgehead atoms. The minimum atomic E-state index is 0.656. The first kappa shape index (κ1) is 11.6. The van der Waals surface area contributed by atoms with E-state index in [1.54, 1.807) is 6.26 Å². The van der Waals surface area contributed by atoms with Crippen molar-refractivity contribution in [3.63, 3.8) is 0 Å². The van der Waals surface area contributed by atoms with Crippen LogP contribution in [0.5, 0.6) is 0 Å². The minimum Gasteiger partial charge on any atom is -0.497 e. The quantitative estimate of drug-likeness (QED) is 0.398. The Balaban J connectivity index is 2.29. The summed E-state index contributed by atoms with van der Waals surface area (Å²) < 4.78 is 5.35. The van der Waals surface area contributed by atoms with Crippen LogP contribution in [0.1, 0.15) is 25.8 Å². The SMILES string of the molecule is CC/C(C)=C/CO/C=C/c1ccccc1. The van der Waals surface area contributed by atoms with Crippen molar-refractivity contribution < 1.29 is 4.74 Å². The zero-order chi connectivity index (χ0) is 10.9. The third-order valence-electron chi connectivity index (χ3n) is 2.24. The van der Waals surface area contributed by atoms with Crippen molar-refractivity contribution in [2.45, 2.75) is 20.3 Å². The van der Waals surface area contributed by atoms with E-state index in [1.807, 2.05) is 36.4 Å². The van der Waals surface area contributed by atoms with Gasteiger partial charge >= 0.3 is 0 Å². The van der Waals surface area contributed by atoms with E-state index in [0.29, 0.717) is 6.61 Å². The number of benzene rings is 1. The van der Waals surface area contributed by atoms with Gasteiger partial charge in [0.1, 0.15) is 6.61 Å². The molecule has 1 nitrogen and oxygen atoms in total. The van der Waals surface area contributed by atoms with Crippen LogP contribution in [-0.4, -0.2) is 6.61 Å². The van der Waals surface area contributed by atoms with Crippen molar-refractivity contribution in [2.24, 2.45) is 0 Å². The van der Waals surface area contributed by atoms with Crippen molar-refractivity contribution in [1.29, 1.82) is 0 Å². The molecule has 0 aromatic heterocycles. The maximum atomic E-state index is 5.35. The first-order valence-corrected chi connectivity index (χ1v) is 5.31. The molecule has 80 valence electrons.